The smallest absolute Gasteiger partial charge is 0.260 e. The van der Waals surface area contributed by atoms with Gasteiger partial charge in [0.25, 0.3) is 5.91 Å². The Morgan fingerprint density at radius 2 is 1.76 bits per heavy atom. The second-order valence-corrected chi connectivity index (χ2v) is 4.72. The third-order valence-electron chi connectivity index (χ3n) is 3.22. The minimum Gasteiger partial charge on any atom is -0.482 e. The SMILES string of the molecule is CCN(Cc1ccccc1)C(=O)COc1ccccc1N. The van der Waals surface area contributed by atoms with Crippen molar-refractivity contribution < 1.29 is 9.53 Å². The molecule has 0 heterocycles. The molecule has 0 atom stereocenters. The van der Waals surface area contributed by atoms with Gasteiger partial charge in [0.2, 0.25) is 0 Å². The second kappa shape index (κ2) is 7.33. The summed E-state index contributed by atoms with van der Waals surface area (Å²) in [6.45, 7) is 3.18. The Morgan fingerprint density at radius 3 is 2.43 bits per heavy atom. The molecule has 0 saturated carbocycles. The standard InChI is InChI=1S/C17H20N2O2/c1-2-19(12-14-8-4-3-5-9-14)17(20)13-21-16-11-7-6-10-15(16)18/h3-11H,2,12-13,18H2,1H3. The molecular weight excluding hydrogens is 264 g/mol. The van der Waals surface area contributed by atoms with Gasteiger partial charge in [-0.15, -0.1) is 0 Å². The molecule has 0 fully saturated rings. The molecule has 0 aliphatic heterocycles. The molecule has 0 radical (unpaired) electrons. The van der Waals surface area contributed by atoms with E-state index in [1.54, 1.807) is 17.0 Å². The third-order valence-corrected chi connectivity index (χ3v) is 3.22. The number of rotatable bonds is 6. The van der Waals surface area contributed by atoms with Crippen LogP contribution in [-0.4, -0.2) is 24.0 Å². The van der Waals surface area contributed by atoms with Crippen molar-refractivity contribution in [1.29, 1.82) is 0 Å². The average Bonchev–Trinajstić information content (AvgIpc) is 2.52. The molecule has 4 nitrogen and oxygen atoms in total. The van der Waals surface area contributed by atoms with E-state index < -0.39 is 0 Å². The van der Waals surface area contributed by atoms with Crippen molar-refractivity contribution in [2.24, 2.45) is 0 Å². The normalized spacial score (nSPS) is 10.1. The molecule has 110 valence electrons. The fourth-order valence-corrected chi connectivity index (χ4v) is 2.02. The minimum atomic E-state index is -0.0513. The highest BCUT2D eigenvalue weighted by Crippen LogP contribution is 2.19. The van der Waals surface area contributed by atoms with Crippen molar-refractivity contribution in [3.8, 4) is 5.75 Å². The average molecular weight is 284 g/mol. The van der Waals surface area contributed by atoms with Gasteiger partial charge in [0, 0.05) is 13.1 Å². The summed E-state index contributed by atoms with van der Waals surface area (Å²) in [6, 6.07) is 17.1. The topological polar surface area (TPSA) is 55.6 Å². The summed E-state index contributed by atoms with van der Waals surface area (Å²) in [5.74, 6) is 0.492. The molecule has 0 aromatic heterocycles. The Balaban J connectivity index is 1.93. The molecule has 2 rings (SSSR count). The number of likely N-dealkylation sites (N-methyl/N-ethyl adjacent to an activating group) is 1. The molecule has 0 aliphatic carbocycles. The van der Waals surface area contributed by atoms with Gasteiger partial charge in [-0.1, -0.05) is 42.5 Å². The molecular formula is C17H20N2O2. The van der Waals surface area contributed by atoms with Crippen LogP contribution in [0.5, 0.6) is 5.75 Å². The van der Waals surface area contributed by atoms with Crippen molar-refractivity contribution in [3.63, 3.8) is 0 Å². The highest BCUT2D eigenvalue weighted by molar-refractivity contribution is 5.78. The van der Waals surface area contributed by atoms with E-state index in [4.69, 9.17) is 10.5 Å². The van der Waals surface area contributed by atoms with Crippen LogP contribution in [0.25, 0.3) is 0 Å². The van der Waals surface area contributed by atoms with E-state index in [2.05, 4.69) is 0 Å². The zero-order chi connectivity index (χ0) is 15.1. The first-order valence-corrected chi connectivity index (χ1v) is 6.99. The van der Waals surface area contributed by atoms with Gasteiger partial charge in [-0.2, -0.15) is 0 Å². The highest BCUT2D eigenvalue weighted by Gasteiger charge is 2.13. The molecule has 0 bridgehead atoms. The van der Waals surface area contributed by atoms with Crippen LogP contribution in [0, 0.1) is 0 Å². The largest absolute Gasteiger partial charge is 0.482 e. The predicted octanol–water partition coefficient (Wildman–Crippen LogP) is 2.70. The number of nitrogens with two attached hydrogens (primary N) is 1. The number of benzene rings is 2. The summed E-state index contributed by atoms with van der Waals surface area (Å²) in [5.41, 5.74) is 7.43. The van der Waals surface area contributed by atoms with Crippen molar-refractivity contribution in [1.82, 2.24) is 4.90 Å². The highest BCUT2D eigenvalue weighted by atomic mass is 16.5. The van der Waals surface area contributed by atoms with Gasteiger partial charge in [-0.25, -0.2) is 0 Å². The second-order valence-electron chi connectivity index (χ2n) is 4.72. The maximum absolute atomic E-state index is 12.2. The summed E-state index contributed by atoms with van der Waals surface area (Å²) in [7, 11) is 0. The van der Waals surface area contributed by atoms with E-state index in [1.807, 2.05) is 49.4 Å². The molecule has 4 heteroatoms. The third kappa shape index (κ3) is 4.24. The first-order valence-electron chi connectivity index (χ1n) is 6.99. The lowest BCUT2D eigenvalue weighted by atomic mass is 10.2. The number of para-hydroxylation sites is 2. The van der Waals surface area contributed by atoms with Crippen LogP contribution in [0.1, 0.15) is 12.5 Å². The van der Waals surface area contributed by atoms with Gasteiger partial charge >= 0.3 is 0 Å². The summed E-state index contributed by atoms with van der Waals surface area (Å²) in [5, 5.41) is 0. The Bertz CT molecular complexity index is 584. The lowest BCUT2D eigenvalue weighted by Crippen LogP contribution is -2.34. The first-order chi connectivity index (χ1) is 10.2. The Hall–Kier alpha value is -2.49. The molecule has 2 aromatic rings. The van der Waals surface area contributed by atoms with Gasteiger partial charge in [0.1, 0.15) is 5.75 Å². The number of ether oxygens (including phenoxy) is 1. The summed E-state index contributed by atoms with van der Waals surface area (Å²) >= 11 is 0. The van der Waals surface area contributed by atoms with E-state index >= 15 is 0 Å². The lowest BCUT2D eigenvalue weighted by Gasteiger charge is -2.21. The Morgan fingerprint density at radius 1 is 1.10 bits per heavy atom. The van der Waals surface area contributed by atoms with E-state index in [1.165, 1.54) is 0 Å². The number of carbonyl (C=O) groups is 1. The van der Waals surface area contributed by atoms with Crippen LogP contribution >= 0.6 is 0 Å². The first kappa shape index (κ1) is 14.9. The lowest BCUT2D eigenvalue weighted by molar-refractivity contribution is -0.133. The van der Waals surface area contributed by atoms with Crippen LogP contribution < -0.4 is 10.5 Å². The van der Waals surface area contributed by atoms with Crippen molar-refractivity contribution in [2.75, 3.05) is 18.9 Å². The van der Waals surface area contributed by atoms with Gasteiger partial charge in [0.05, 0.1) is 5.69 Å². The van der Waals surface area contributed by atoms with Gasteiger partial charge in [-0.3, -0.25) is 4.79 Å². The molecule has 0 spiro atoms. The molecule has 0 aliphatic rings. The van der Waals surface area contributed by atoms with Crippen LogP contribution in [0.3, 0.4) is 0 Å². The maximum Gasteiger partial charge on any atom is 0.260 e. The van der Waals surface area contributed by atoms with E-state index in [0.29, 0.717) is 24.5 Å². The molecule has 1 amide bonds. The maximum atomic E-state index is 12.2. The van der Waals surface area contributed by atoms with Crippen LogP contribution in [0.2, 0.25) is 0 Å². The fourth-order valence-electron chi connectivity index (χ4n) is 2.02. The summed E-state index contributed by atoms with van der Waals surface area (Å²) in [6.07, 6.45) is 0. The number of nitrogens with zero attached hydrogens (tertiary/aromatic N) is 1. The van der Waals surface area contributed by atoms with Crippen LogP contribution in [-0.2, 0) is 11.3 Å². The molecule has 2 N–H and O–H groups in total. The number of hydrogen-bond donors (Lipinski definition) is 1. The zero-order valence-corrected chi connectivity index (χ0v) is 12.2. The number of amides is 1. The number of carbonyl (C=O) groups excluding carboxylic acids is 1. The molecule has 2 aromatic carbocycles. The monoisotopic (exact) mass is 284 g/mol. The minimum absolute atomic E-state index is 0.00507. The van der Waals surface area contributed by atoms with Gasteiger partial charge < -0.3 is 15.4 Å². The number of anilines is 1. The van der Waals surface area contributed by atoms with Crippen LogP contribution in [0.4, 0.5) is 5.69 Å². The summed E-state index contributed by atoms with van der Waals surface area (Å²) < 4.78 is 5.50. The van der Waals surface area contributed by atoms with Crippen molar-refractivity contribution >= 4 is 11.6 Å². The van der Waals surface area contributed by atoms with Crippen molar-refractivity contribution in [2.45, 2.75) is 13.5 Å². The van der Waals surface area contributed by atoms with Crippen molar-refractivity contribution in [3.05, 3.63) is 60.2 Å². The number of hydrogen-bond acceptors (Lipinski definition) is 3. The molecule has 21 heavy (non-hydrogen) atoms. The summed E-state index contributed by atoms with van der Waals surface area (Å²) in [4.78, 5) is 14.0. The van der Waals surface area contributed by atoms with E-state index in [9.17, 15) is 4.79 Å². The Kier molecular flexibility index (Phi) is 5.21. The number of nitrogen functional groups attached to an aromatic ring is 1. The zero-order valence-electron chi connectivity index (χ0n) is 12.2. The van der Waals surface area contributed by atoms with Crippen LogP contribution in [0.15, 0.2) is 54.6 Å². The van der Waals surface area contributed by atoms with E-state index in [0.717, 1.165) is 5.56 Å². The van der Waals surface area contributed by atoms with Gasteiger partial charge in [0.15, 0.2) is 6.61 Å². The van der Waals surface area contributed by atoms with Gasteiger partial charge in [-0.05, 0) is 24.6 Å². The predicted molar refractivity (Wildman–Crippen MR) is 83.9 cm³/mol. The quantitative estimate of drug-likeness (QED) is 0.830. The fraction of sp³-hybridized carbons (Fsp3) is 0.235. The molecule has 0 saturated heterocycles. The van der Waals surface area contributed by atoms with E-state index in [-0.39, 0.29) is 12.5 Å². The molecule has 0 unspecified atom stereocenters. The Labute approximate surface area is 125 Å².